The van der Waals surface area contributed by atoms with Crippen molar-refractivity contribution in [2.75, 3.05) is 0 Å². The van der Waals surface area contributed by atoms with Gasteiger partial charge in [0.25, 0.3) is 0 Å². The highest BCUT2D eigenvalue weighted by Crippen LogP contribution is 2.33. The highest BCUT2D eigenvalue weighted by atomic mass is 14.7. The summed E-state index contributed by atoms with van der Waals surface area (Å²) in [5.74, 6) is 0.771. The molecule has 0 aliphatic carbocycles. The lowest BCUT2D eigenvalue weighted by atomic mass is 9.84. The lowest BCUT2D eigenvalue weighted by molar-refractivity contribution is 0.384. The van der Waals surface area contributed by atoms with Crippen molar-refractivity contribution in [3.05, 3.63) is 34.7 Å². The molecule has 1 unspecified atom stereocenters. The van der Waals surface area contributed by atoms with E-state index >= 15 is 0 Å². The van der Waals surface area contributed by atoms with Crippen molar-refractivity contribution in [1.29, 1.82) is 0 Å². The summed E-state index contributed by atoms with van der Waals surface area (Å²) < 4.78 is 0. The molecule has 1 aromatic rings. The molecule has 0 saturated heterocycles. The Morgan fingerprint density at radius 1 is 1.08 bits per heavy atom. The van der Waals surface area contributed by atoms with Gasteiger partial charge in [-0.3, -0.25) is 4.98 Å². The molecule has 0 saturated carbocycles. The Balaban J connectivity index is 3.14. The second-order valence-electron chi connectivity index (χ2n) is 8.69. The summed E-state index contributed by atoms with van der Waals surface area (Å²) in [5, 5.41) is 0. The van der Waals surface area contributed by atoms with Gasteiger partial charge >= 0.3 is 0 Å². The van der Waals surface area contributed by atoms with Crippen LogP contribution in [0.1, 0.15) is 94.8 Å². The molecule has 0 N–H and O–H groups in total. The van der Waals surface area contributed by atoms with Gasteiger partial charge in [-0.15, -0.1) is 0 Å². The largest absolute Gasteiger partial charge is 0.258 e. The summed E-state index contributed by atoms with van der Waals surface area (Å²) in [6.45, 7) is 22.5. The number of hydrogen-bond acceptors (Lipinski definition) is 1. The maximum Gasteiger partial charge on any atom is 0.0453 e. The summed E-state index contributed by atoms with van der Waals surface area (Å²) in [4.78, 5) is 4.89. The molecule has 1 nitrogen and oxygen atoms in total. The number of allylic oxidation sites excluding steroid dienone is 1. The molecule has 24 heavy (non-hydrogen) atoms. The monoisotopic (exact) mass is 329 g/mol. The van der Waals surface area contributed by atoms with Crippen LogP contribution in [0.3, 0.4) is 0 Å². The highest BCUT2D eigenvalue weighted by molar-refractivity contribution is 5.69. The summed E-state index contributed by atoms with van der Waals surface area (Å²) in [5.41, 5.74) is 8.19. The van der Waals surface area contributed by atoms with E-state index in [-0.39, 0.29) is 0 Å². The van der Waals surface area contributed by atoms with Crippen LogP contribution in [-0.2, 0) is 6.42 Å². The van der Waals surface area contributed by atoms with Gasteiger partial charge in [-0.05, 0) is 68.1 Å². The van der Waals surface area contributed by atoms with Crippen LogP contribution in [0.15, 0.2) is 6.58 Å². The summed E-state index contributed by atoms with van der Waals surface area (Å²) in [6.07, 6.45) is 7.21. The van der Waals surface area contributed by atoms with Crippen molar-refractivity contribution in [3.63, 3.8) is 0 Å². The summed E-state index contributed by atoms with van der Waals surface area (Å²) in [6, 6.07) is 0. The summed E-state index contributed by atoms with van der Waals surface area (Å²) in [7, 11) is 0. The zero-order chi connectivity index (χ0) is 18.5. The molecule has 1 aromatic heterocycles. The van der Waals surface area contributed by atoms with Crippen molar-refractivity contribution >= 4 is 5.57 Å². The van der Waals surface area contributed by atoms with E-state index in [0.717, 1.165) is 24.5 Å². The van der Waals surface area contributed by atoms with Crippen LogP contribution in [0.2, 0.25) is 0 Å². The third-order valence-electron chi connectivity index (χ3n) is 5.26. The first kappa shape index (κ1) is 20.9. The average Bonchev–Trinajstić information content (AvgIpc) is 2.47. The van der Waals surface area contributed by atoms with Gasteiger partial charge in [-0.2, -0.15) is 0 Å². The Hall–Kier alpha value is -1.11. The number of aromatic nitrogens is 1. The lowest BCUT2D eigenvalue weighted by Crippen LogP contribution is -2.11. The topological polar surface area (TPSA) is 12.9 Å². The molecular formula is C23H39N. The number of hydrogen-bond donors (Lipinski definition) is 0. The van der Waals surface area contributed by atoms with Gasteiger partial charge in [-0.1, -0.05) is 60.5 Å². The van der Waals surface area contributed by atoms with E-state index in [1.165, 1.54) is 53.6 Å². The Morgan fingerprint density at radius 3 is 2.21 bits per heavy atom. The van der Waals surface area contributed by atoms with Crippen LogP contribution in [-0.4, -0.2) is 4.98 Å². The van der Waals surface area contributed by atoms with E-state index in [2.05, 4.69) is 62.0 Å². The van der Waals surface area contributed by atoms with Gasteiger partial charge in [0.2, 0.25) is 0 Å². The first-order valence-electron chi connectivity index (χ1n) is 9.75. The quantitative estimate of drug-likeness (QED) is 0.491. The Bertz CT molecular complexity index is 560. The van der Waals surface area contributed by atoms with Crippen molar-refractivity contribution in [3.8, 4) is 0 Å². The number of aryl methyl sites for hydroxylation is 2. The smallest absolute Gasteiger partial charge is 0.0453 e. The van der Waals surface area contributed by atoms with Gasteiger partial charge in [0.15, 0.2) is 0 Å². The predicted molar refractivity (Wildman–Crippen MR) is 109 cm³/mol. The molecule has 0 amide bonds. The lowest BCUT2D eigenvalue weighted by Gasteiger charge is -2.23. The fraction of sp³-hybridized carbons (Fsp3) is 0.696. The van der Waals surface area contributed by atoms with Crippen LogP contribution in [0.25, 0.3) is 5.57 Å². The molecule has 136 valence electrons. The van der Waals surface area contributed by atoms with Gasteiger partial charge in [-0.25, -0.2) is 0 Å². The minimum atomic E-state index is 0.347. The van der Waals surface area contributed by atoms with Crippen molar-refractivity contribution < 1.29 is 0 Å². The number of rotatable bonds is 8. The van der Waals surface area contributed by atoms with Crippen LogP contribution in [0.4, 0.5) is 0 Å². The predicted octanol–water partition coefficient (Wildman–Crippen LogP) is 7.22. The van der Waals surface area contributed by atoms with Gasteiger partial charge < -0.3 is 0 Å². The van der Waals surface area contributed by atoms with E-state index in [4.69, 9.17) is 4.98 Å². The molecule has 1 rings (SSSR count). The van der Waals surface area contributed by atoms with E-state index in [1.807, 2.05) is 0 Å². The van der Waals surface area contributed by atoms with Crippen molar-refractivity contribution in [1.82, 2.24) is 4.98 Å². The van der Waals surface area contributed by atoms with Crippen LogP contribution in [0.5, 0.6) is 0 Å². The molecule has 0 aliphatic heterocycles. The normalized spacial score (nSPS) is 13.2. The summed E-state index contributed by atoms with van der Waals surface area (Å²) >= 11 is 0. The second kappa shape index (κ2) is 8.83. The SMILES string of the molecule is C=C(CCC(C)(C)C)c1c(C)nc(C)c(CC(CC)CCC)c1C. The molecular weight excluding hydrogens is 290 g/mol. The fourth-order valence-corrected chi connectivity index (χ4v) is 3.69. The van der Waals surface area contributed by atoms with Crippen molar-refractivity contribution in [2.45, 2.75) is 93.9 Å². The molecule has 0 aliphatic rings. The number of pyridine rings is 1. The molecule has 0 fully saturated rings. The van der Waals surface area contributed by atoms with Crippen LogP contribution < -0.4 is 0 Å². The Labute approximate surface area is 151 Å². The highest BCUT2D eigenvalue weighted by Gasteiger charge is 2.19. The zero-order valence-corrected chi connectivity index (χ0v) is 17.5. The van der Waals surface area contributed by atoms with Gasteiger partial charge in [0.1, 0.15) is 0 Å². The van der Waals surface area contributed by atoms with Crippen LogP contribution in [0, 0.1) is 32.1 Å². The molecule has 0 spiro atoms. The molecule has 1 atom stereocenters. The molecule has 0 radical (unpaired) electrons. The van der Waals surface area contributed by atoms with E-state index in [1.54, 1.807) is 0 Å². The fourth-order valence-electron chi connectivity index (χ4n) is 3.69. The van der Waals surface area contributed by atoms with Gasteiger partial charge in [0.05, 0.1) is 0 Å². The third-order valence-corrected chi connectivity index (χ3v) is 5.26. The third kappa shape index (κ3) is 5.76. The minimum Gasteiger partial charge on any atom is -0.258 e. The van der Waals surface area contributed by atoms with Crippen molar-refractivity contribution in [2.24, 2.45) is 11.3 Å². The maximum atomic E-state index is 4.89. The zero-order valence-electron chi connectivity index (χ0n) is 17.5. The first-order chi connectivity index (χ1) is 11.1. The van der Waals surface area contributed by atoms with Crippen LogP contribution >= 0.6 is 0 Å². The standard InChI is InChI=1S/C23H39N/c1-10-12-20(11-2)15-21-17(4)22(19(6)24-18(21)5)16(3)13-14-23(7,8)9/h20H,3,10-15H2,1-2,4-9H3. The van der Waals surface area contributed by atoms with E-state index < -0.39 is 0 Å². The maximum absolute atomic E-state index is 4.89. The molecule has 1 heteroatoms. The molecule has 1 heterocycles. The van der Waals surface area contributed by atoms with E-state index in [0.29, 0.717) is 5.41 Å². The second-order valence-corrected chi connectivity index (χ2v) is 8.69. The van der Waals surface area contributed by atoms with Gasteiger partial charge in [0, 0.05) is 17.0 Å². The molecule has 0 bridgehead atoms. The van der Waals surface area contributed by atoms with E-state index in [9.17, 15) is 0 Å². The first-order valence-corrected chi connectivity index (χ1v) is 9.75. The average molecular weight is 330 g/mol. The molecule has 0 aromatic carbocycles. The Kier molecular flexibility index (Phi) is 7.70. The number of nitrogens with zero attached hydrogens (tertiary/aromatic N) is 1. The Morgan fingerprint density at radius 2 is 1.71 bits per heavy atom. The minimum absolute atomic E-state index is 0.347.